The molecule has 0 aromatic carbocycles. The lowest BCUT2D eigenvalue weighted by Gasteiger charge is -2.36. The molecule has 2 aromatic heterocycles. The van der Waals surface area contributed by atoms with Gasteiger partial charge in [0, 0.05) is 44.9 Å². The van der Waals surface area contributed by atoms with Crippen LogP contribution in [0.3, 0.4) is 0 Å². The zero-order valence-corrected chi connectivity index (χ0v) is 19.1. The third-order valence-electron chi connectivity index (χ3n) is 6.21. The molecule has 0 spiro atoms. The predicted octanol–water partition coefficient (Wildman–Crippen LogP) is 3.58. The van der Waals surface area contributed by atoms with E-state index in [1.54, 1.807) is 0 Å². The summed E-state index contributed by atoms with van der Waals surface area (Å²) in [6.07, 6.45) is 9.16. The van der Waals surface area contributed by atoms with Crippen LogP contribution in [-0.4, -0.2) is 64.9 Å². The van der Waals surface area contributed by atoms with E-state index in [4.69, 9.17) is 4.74 Å². The molecule has 174 valence electrons. The quantitative estimate of drug-likeness (QED) is 0.465. The molecule has 8 nitrogen and oxygen atoms in total. The van der Waals surface area contributed by atoms with Gasteiger partial charge in [-0.15, -0.1) is 0 Å². The Morgan fingerprint density at radius 2 is 1.75 bits per heavy atom. The van der Waals surface area contributed by atoms with E-state index in [0.29, 0.717) is 11.9 Å². The fourth-order valence-electron chi connectivity index (χ4n) is 4.45. The van der Waals surface area contributed by atoms with E-state index < -0.39 is 5.95 Å². The molecule has 4 rings (SSSR count). The number of aryl methyl sites for hydroxylation is 1. The van der Waals surface area contributed by atoms with E-state index in [-0.39, 0.29) is 6.10 Å². The molecule has 2 fully saturated rings. The SMILES string of the molecule is CCCCC[C@@H]1CC[C@H](CNc2cc(N3CCN(c4cc(F)ncn4)CC3)nc(C)n2)O1. The van der Waals surface area contributed by atoms with Crippen molar-refractivity contribution in [2.45, 2.75) is 64.6 Å². The second-order valence-corrected chi connectivity index (χ2v) is 8.67. The van der Waals surface area contributed by atoms with Gasteiger partial charge < -0.3 is 19.9 Å². The van der Waals surface area contributed by atoms with Gasteiger partial charge in [0.15, 0.2) is 0 Å². The number of hydrogen-bond acceptors (Lipinski definition) is 8. The summed E-state index contributed by atoms with van der Waals surface area (Å²) in [6, 6.07) is 3.40. The van der Waals surface area contributed by atoms with Crippen LogP contribution >= 0.6 is 0 Å². The molecule has 2 aliphatic heterocycles. The van der Waals surface area contributed by atoms with Gasteiger partial charge in [-0.1, -0.05) is 26.2 Å². The molecule has 0 aliphatic carbocycles. The average molecular weight is 444 g/mol. The summed E-state index contributed by atoms with van der Waals surface area (Å²) in [7, 11) is 0. The fourth-order valence-corrected chi connectivity index (χ4v) is 4.45. The van der Waals surface area contributed by atoms with Crippen LogP contribution in [0.4, 0.5) is 21.8 Å². The van der Waals surface area contributed by atoms with Crippen LogP contribution in [0.25, 0.3) is 0 Å². The van der Waals surface area contributed by atoms with Gasteiger partial charge in [0.05, 0.1) is 12.2 Å². The van der Waals surface area contributed by atoms with E-state index >= 15 is 0 Å². The van der Waals surface area contributed by atoms with Crippen LogP contribution in [-0.2, 0) is 4.74 Å². The second-order valence-electron chi connectivity index (χ2n) is 8.67. The van der Waals surface area contributed by atoms with Crippen LogP contribution in [0.15, 0.2) is 18.5 Å². The molecule has 2 saturated heterocycles. The molecule has 0 unspecified atom stereocenters. The van der Waals surface area contributed by atoms with Crippen molar-refractivity contribution < 1.29 is 9.13 Å². The van der Waals surface area contributed by atoms with Crippen molar-refractivity contribution in [1.82, 2.24) is 19.9 Å². The summed E-state index contributed by atoms with van der Waals surface area (Å²) < 4.78 is 19.6. The summed E-state index contributed by atoms with van der Waals surface area (Å²) in [6.45, 7) is 7.99. The van der Waals surface area contributed by atoms with Gasteiger partial charge in [-0.25, -0.2) is 19.9 Å². The molecule has 0 radical (unpaired) electrons. The summed E-state index contributed by atoms with van der Waals surface area (Å²) in [4.78, 5) is 21.2. The Morgan fingerprint density at radius 3 is 2.50 bits per heavy atom. The van der Waals surface area contributed by atoms with Gasteiger partial charge >= 0.3 is 0 Å². The van der Waals surface area contributed by atoms with Crippen molar-refractivity contribution in [1.29, 1.82) is 0 Å². The smallest absolute Gasteiger partial charge is 0.218 e. The lowest BCUT2D eigenvalue weighted by molar-refractivity contribution is 0.0463. The molecule has 0 saturated carbocycles. The number of nitrogens with zero attached hydrogens (tertiary/aromatic N) is 6. The molecule has 0 amide bonds. The number of aromatic nitrogens is 4. The Bertz CT molecular complexity index is 875. The minimum absolute atomic E-state index is 0.247. The molecule has 2 atom stereocenters. The maximum Gasteiger partial charge on any atom is 0.218 e. The Kier molecular flexibility index (Phi) is 7.68. The van der Waals surface area contributed by atoms with E-state index in [2.05, 4.69) is 42.0 Å². The molecular formula is C23H34FN7O. The van der Waals surface area contributed by atoms with E-state index in [0.717, 1.165) is 63.0 Å². The average Bonchev–Trinajstić information content (AvgIpc) is 3.25. The van der Waals surface area contributed by atoms with Crippen molar-refractivity contribution in [2.24, 2.45) is 0 Å². The Balaban J connectivity index is 1.29. The lowest BCUT2D eigenvalue weighted by Crippen LogP contribution is -2.47. The molecule has 32 heavy (non-hydrogen) atoms. The zero-order valence-electron chi connectivity index (χ0n) is 19.1. The number of hydrogen-bond donors (Lipinski definition) is 1. The number of piperazine rings is 1. The monoisotopic (exact) mass is 443 g/mol. The maximum absolute atomic E-state index is 13.4. The van der Waals surface area contributed by atoms with Crippen molar-refractivity contribution in [3.8, 4) is 0 Å². The van der Waals surface area contributed by atoms with Gasteiger partial charge in [0.2, 0.25) is 5.95 Å². The number of halogens is 1. The van der Waals surface area contributed by atoms with Gasteiger partial charge in [-0.3, -0.25) is 0 Å². The van der Waals surface area contributed by atoms with Crippen LogP contribution in [0.2, 0.25) is 0 Å². The molecule has 9 heteroatoms. The summed E-state index contributed by atoms with van der Waals surface area (Å²) in [5.41, 5.74) is 0. The maximum atomic E-state index is 13.4. The molecule has 4 heterocycles. The summed E-state index contributed by atoms with van der Waals surface area (Å²) >= 11 is 0. The predicted molar refractivity (Wildman–Crippen MR) is 124 cm³/mol. The fraction of sp³-hybridized carbons (Fsp3) is 0.652. The lowest BCUT2D eigenvalue weighted by atomic mass is 10.1. The Morgan fingerprint density at radius 1 is 1.00 bits per heavy atom. The minimum Gasteiger partial charge on any atom is -0.373 e. The number of unbranched alkanes of at least 4 members (excludes halogenated alkanes) is 2. The standard InChI is InChI=1S/C23H34FN7O/c1-3-4-5-6-18-7-8-19(32-18)15-25-21-14-23(29-17(2)28-21)31-11-9-30(10-12-31)22-13-20(24)26-16-27-22/h13-14,16,18-19H,3-12,15H2,1-2H3,(H,25,28,29)/t18-,19-/m1/s1. The Labute approximate surface area is 189 Å². The van der Waals surface area contributed by atoms with Gasteiger partial charge in [0.1, 0.15) is 29.6 Å². The van der Waals surface area contributed by atoms with Crippen molar-refractivity contribution in [2.75, 3.05) is 47.8 Å². The third-order valence-corrected chi connectivity index (χ3v) is 6.21. The van der Waals surface area contributed by atoms with Gasteiger partial charge in [0.25, 0.3) is 0 Å². The van der Waals surface area contributed by atoms with E-state index in [9.17, 15) is 4.39 Å². The highest BCUT2D eigenvalue weighted by Crippen LogP contribution is 2.25. The molecule has 2 aromatic rings. The zero-order chi connectivity index (χ0) is 22.3. The second kappa shape index (κ2) is 10.8. The first-order valence-electron chi connectivity index (χ1n) is 11.8. The largest absolute Gasteiger partial charge is 0.373 e. The number of anilines is 3. The highest BCUT2D eigenvalue weighted by molar-refractivity contribution is 5.51. The first-order chi connectivity index (χ1) is 15.6. The number of ether oxygens (including phenoxy) is 1. The number of nitrogens with one attached hydrogen (secondary N) is 1. The molecular weight excluding hydrogens is 409 g/mol. The van der Waals surface area contributed by atoms with Crippen molar-refractivity contribution >= 4 is 17.5 Å². The van der Waals surface area contributed by atoms with Crippen LogP contribution in [0.5, 0.6) is 0 Å². The van der Waals surface area contributed by atoms with Crippen LogP contribution in [0.1, 0.15) is 51.3 Å². The van der Waals surface area contributed by atoms with Gasteiger partial charge in [-0.2, -0.15) is 4.39 Å². The van der Waals surface area contributed by atoms with Crippen molar-refractivity contribution in [3.05, 3.63) is 30.2 Å². The van der Waals surface area contributed by atoms with E-state index in [1.165, 1.54) is 38.1 Å². The summed E-state index contributed by atoms with van der Waals surface area (Å²) in [5, 5.41) is 3.46. The van der Waals surface area contributed by atoms with Crippen LogP contribution < -0.4 is 15.1 Å². The minimum atomic E-state index is -0.502. The van der Waals surface area contributed by atoms with Crippen molar-refractivity contribution in [3.63, 3.8) is 0 Å². The Hall–Kier alpha value is -2.55. The highest BCUT2D eigenvalue weighted by Gasteiger charge is 2.25. The normalized spacial score (nSPS) is 21.2. The van der Waals surface area contributed by atoms with Crippen LogP contribution in [0, 0.1) is 12.9 Å². The number of rotatable bonds is 9. The molecule has 2 aliphatic rings. The topological polar surface area (TPSA) is 79.3 Å². The van der Waals surface area contributed by atoms with Gasteiger partial charge in [-0.05, 0) is 26.2 Å². The third kappa shape index (κ3) is 6.03. The first kappa shape index (κ1) is 22.6. The molecule has 0 bridgehead atoms. The highest BCUT2D eigenvalue weighted by atomic mass is 19.1. The summed E-state index contributed by atoms with van der Waals surface area (Å²) in [5.74, 6) is 2.63. The first-order valence-corrected chi connectivity index (χ1v) is 11.8. The van der Waals surface area contributed by atoms with E-state index in [1.807, 2.05) is 13.0 Å². The molecule has 1 N–H and O–H groups in total.